The van der Waals surface area contributed by atoms with E-state index in [1.54, 1.807) is 18.9 Å². The predicted molar refractivity (Wildman–Crippen MR) is 61.0 cm³/mol. The predicted octanol–water partition coefficient (Wildman–Crippen LogP) is 3.37. The van der Waals surface area contributed by atoms with E-state index in [-0.39, 0.29) is 0 Å². The van der Waals surface area contributed by atoms with Crippen molar-refractivity contribution in [2.45, 2.75) is 31.2 Å². The maximum atomic E-state index is 5.06. The average Bonchev–Trinajstić information content (AvgIpc) is 2.25. The number of thioether (sulfide) groups is 1. The third kappa shape index (κ3) is 4.01. The topological polar surface area (TPSA) is 22.1 Å². The fraction of sp³-hybridized carbons (Fsp3) is 0.545. The Morgan fingerprint density at radius 2 is 2.21 bits per heavy atom. The van der Waals surface area contributed by atoms with Crippen LogP contribution in [-0.4, -0.2) is 17.8 Å². The van der Waals surface area contributed by atoms with Crippen LogP contribution in [-0.2, 0) is 0 Å². The van der Waals surface area contributed by atoms with E-state index in [1.165, 1.54) is 19.3 Å². The van der Waals surface area contributed by atoms with Crippen molar-refractivity contribution in [1.82, 2.24) is 4.98 Å². The normalized spacial score (nSPS) is 10.1. The lowest BCUT2D eigenvalue weighted by molar-refractivity contribution is 0.394. The number of pyridine rings is 1. The molecular formula is C11H17NOS. The SMILES string of the molecule is CCCCCSc1cccc(OC)n1. The number of nitrogens with zero attached hydrogens (tertiary/aromatic N) is 1. The summed E-state index contributed by atoms with van der Waals surface area (Å²) >= 11 is 1.80. The molecule has 2 nitrogen and oxygen atoms in total. The van der Waals surface area contributed by atoms with Crippen LogP contribution in [0.2, 0.25) is 0 Å². The number of aromatic nitrogens is 1. The molecule has 0 spiro atoms. The molecule has 0 atom stereocenters. The second-order valence-electron chi connectivity index (χ2n) is 3.07. The second kappa shape index (κ2) is 6.71. The van der Waals surface area contributed by atoms with E-state index in [0.29, 0.717) is 5.88 Å². The lowest BCUT2D eigenvalue weighted by Crippen LogP contribution is -1.89. The van der Waals surface area contributed by atoms with Gasteiger partial charge in [0, 0.05) is 6.07 Å². The summed E-state index contributed by atoms with van der Waals surface area (Å²) in [6.45, 7) is 2.22. The molecule has 0 aliphatic heterocycles. The van der Waals surface area contributed by atoms with Crippen LogP contribution in [0.3, 0.4) is 0 Å². The van der Waals surface area contributed by atoms with Gasteiger partial charge in [0.15, 0.2) is 0 Å². The molecule has 1 aromatic heterocycles. The van der Waals surface area contributed by atoms with Crippen molar-refractivity contribution in [3.05, 3.63) is 18.2 Å². The molecule has 0 radical (unpaired) electrons. The molecule has 0 N–H and O–H groups in total. The Bertz CT molecular complexity index is 265. The van der Waals surface area contributed by atoms with E-state index >= 15 is 0 Å². The maximum Gasteiger partial charge on any atom is 0.213 e. The number of methoxy groups -OCH3 is 1. The molecule has 14 heavy (non-hydrogen) atoms. The number of unbranched alkanes of at least 4 members (excludes halogenated alkanes) is 2. The van der Waals surface area contributed by atoms with E-state index in [9.17, 15) is 0 Å². The van der Waals surface area contributed by atoms with Gasteiger partial charge in [-0.15, -0.1) is 11.8 Å². The average molecular weight is 211 g/mol. The van der Waals surface area contributed by atoms with E-state index in [4.69, 9.17) is 4.74 Å². The molecule has 1 heterocycles. The zero-order valence-corrected chi connectivity index (χ0v) is 9.64. The summed E-state index contributed by atoms with van der Waals surface area (Å²) in [4.78, 5) is 4.33. The lowest BCUT2D eigenvalue weighted by atomic mass is 10.3. The Morgan fingerprint density at radius 3 is 2.93 bits per heavy atom. The molecule has 0 saturated carbocycles. The monoisotopic (exact) mass is 211 g/mol. The summed E-state index contributed by atoms with van der Waals surface area (Å²) in [6, 6.07) is 5.88. The van der Waals surface area contributed by atoms with Gasteiger partial charge >= 0.3 is 0 Å². The molecule has 0 aliphatic rings. The highest BCUT2D eigenvalue weighted by Gasteiger charge is 1.97. The molecule has 0 unspecified atom stereocenters. The first-order valence-corrected chi connectivity index (χ1v) is 5.99. The highest BCUT2D eigenvalue weighted by molar-refractivity contribution is 7.99. The zero-order chi connectivity index (χ0) is 10.2. The van der Waals surface area contributed by atoms with Gasteiger partial charge in [0.1, 0.15) is 5.03 Å². The largest absolute Gasteiger partial charge is 0.481 e. The highest BCUT2D eigenvalue weighted by atomic mass is 32.2. The fourth-order valence-electron chi connectivity index (χ4n) is 1.12. The summed E-state index contributed by atoms with van der Waals surface area (Å²) in [5.41, 5.74) is 0. The van der Waals surface area contributed by atoms with Crippen molar-refractivity contribution in [2.24, 2.45) is 0 Å². The standard InChI is InChI=1S/C11H17NOS/c1-3-4-5-9-14-11-8-6-7-10(12-11)13-2/h6-8H,3-5,9H2,1-2H3. The maximum absolute atomic E-state index is 5.06. The Balaban J connectivity index is 2.34. The highest BCUT2D eigenvalue weighted by Crippen LogP contribution is 2.19. The van der Waals surface area contributed by atoms with Gasteiger partial charge in [-0.2, -0.15) is 0 Å². The second-order valence-corrected chi connectivity index (χ2v) is 4.19. The van der Waals surface area contributed by atoms with Crippen molar-refractivity contribution in [2.75, 3.05) is 12.9 Å². The summed E-state index contributed by atoms with van der Waals surface area (Å²) in [7, 11) is 1.65. The van der Waals surface area contributed by atoms with E-state index in [2.05, 4.69) is 11.9 Å². The molecule has 0 saturated heterocycles. The number of rotatable bonds is 6. The number of ether oxygens (including phenoxy) is 1. The molecule has 78 valence electrons. The van der Waals surface area contributed by atoms with Gasteiger partial charge in [0.25, 0.3) is 0 Å². The van der Waals surface area contributed by atoms with Crippen molar-refractivity contribution < 1.29 is 4.74 Å². The van der Waals surface area contributed by atoms with Crippen LogP contribution in [0, 0.1) is 0 Å². The van der Waals surface area contributed by atoms with Crippen LogP contribution in [0.4, 0.5) is 0 Å². The first kappa shape index (κ1) is 11.4. The molecule has 0 amide bonds. The molecule has 0 bridgehead atoms. The minimum absolute atomic E-state index is 0.700. The summed E-state index contributed by atoms with van der Waals surface area (Å²) < 4.78 is 5.06. The fourth-order valence-corrected chi connectivity index (χ4v) is 2.01. The summed E-state index contributed by atoms with van der Waals surface area (Å²) in [5, 5.41) is 1.06. The minimum atomic E-state index is 0.700. The zero-order valence-electron chi connectivity index (χ0n) is 8.82. The molecule has 0 aromatic carbocycles. The number of hydrogen-bond donors (Lipinski definition) is 0. The molecule has 0 aliphatic carbocycles. The van der Waals surface area contributed by atoms with Crippen LogP contribution < -0.4 is 4.74 Å². The van der Waals surface area contributed by atoms with Crippen LogP contribution in [0.25, 0.3) is 0 Å². The van der Waals surface area contributed by atoms with Crippen LogP contribution in [0.15, 0.2) is 23.2 Å². The summed E-state index contributed by atoms with van der Waals surface area (Å²) in [5.74, 6) is 1.85. The van der Waals surface area contributed by atoms with Gasteiger partial charge < -0.3 is 4.74 Å². The van der Waals surface area contributed by atoms with Crippen LogP contribution in [0.5, 0.6) is 5.88 Å². The van der Waals surface area contributed by atoms with E-state index in [1.807, 2.05) is 18.2 Å². The Morgan fingerprint density at radius 1 is 1.36 bits per heavy atom. The minimum Gasteiger partial charge on any atom is -0.481 e. The van der Waals surface area contributed by atoms with E-state index < -0.39 is 0 Å². The third-order valence-corrected chi connectivity index (χ3v) is 2.92. The number of hydrogen-bond acceptors (Lipinski definition) is 3. The van der Waals surface area contributed by atoms with Crippen LogP contribution in [0.1, 0.15) is 26.2 Å². The first-order valence-electron chi connectivity index (χ1n) is 5.00. The molecule has 1 aromatic rings. The van der Waals surface area contributed by atoms with Crippen molar-refractivity contribution in [3.63, 3.8) is 0 Å². The van der Waals surface area contributed by atoms with Gasteiger partial charge in [-0.05, 0) is 18.2 Å². The van der Waals surface area contributed by atoms with Gasteiger partial charge in [-0.25, -0.2) is 4.98 Å². The lowest BCUT2D eigenvalue weighted by Gasteiger charge is -2.02. The molecular weight excluding hydrogens is 194 g/mol. The van der Waals surface area contributed by atoms with Gasteiger partial charge in [0.2, 0.25) is 5.88 Å². The first-order chi connectivity index (χ1) is 6.86. The van der Waals surface area contributed by atoms with Crippen LogP contribution >= 0.6 is 11.8 Å². The van der Waals surface area contributed by atoms with Crippen molar-refractivity contribution in [3.8, 4) is 5.88 Å². The Hall–Kier alpha value is -0.700. The third-order valence-electron chi connectivity index (χ3n) is 1.90. The molecule has 1 rings (SSSR count). The van der Waals surface area contributed by atoms with E-state index in [0.717, 1.165) is 10.8 Å². The Kier molecular flexibility index (Phi) is 5.45. The Labute approximate surface area is 90.1 Å². The molecule has 3 heteroatoms. The van der Waals surface area contributed by atoms with Gasteiger partial charge in [-0.1, -0.05) is 25.8 Å². The van der Waals surface area contributed by atoms with Gasteiger partial charge in [-0.3, -0.25) is 0 Å². The molecule has 0 fully saturated rings. The smallest absolute Gasteiger partial charge is 0.213 e. The van der Waals surface area contributed by atoms with Gasteiger partial charge in [0.05, 0.1) is 7.11 Å². The summed E-state index contributed by atoms with van der Waals surface area (Å²) in [6.07, 6.45) is 3.84. The van der Waals surface area contributed by atoms with Crippen molar-refractivity contribution in [1.29, 1.82) is 0 Å². The van der Waals surface area contributed by atoms with Crippen molar-refractivity contribution >= 4 is 11.8 Å². The quantitative estimate of drug-likeness (QED) is 0.532.